The summed E-state index contributed by atoms with van der Waals surface area (Å²) in [5.41, 5.74) is -0.518. The Morgan fingerprint density at radius 2 is 2.00 bits per heavy atom. The van der Waals surface area contributed by atoms with Gasteiger partial charge in [0.2, 0.25) is 0 Å². The van der Waals surface area contributed by atoms with Crippen molar-refractivity contribution >= 4 is 31.9 Å². The minimum absolute atomic E-state index is 0.467. The summed E-state index contributed by atoms with van der Waals surface area (Å²) in [5, 5.41) is 13.9. The lowest BCUT2D eigenvalue weighted by Gasteiger charge is -2.09. The lowest BCUT2D eigenvalue weighted by Crippen LogP contribution is -2.06. The molecule has 112 valence electrons. The van der Waals surface area contributed by atoms with E-state index in [1.165, 1.54) is 30.0 Å². The fourth-order valence-electron chi connectivity index (χ4n) is 1.51. The van der Waals surface area contributed by atoms with Crippen LogP contribution in [0.15, 0.2) is 52.5 Å². The van der Waals surface area contributed by atoms with Crippen LogP contribution in [0.1, 0.15) is 0 Å². The van der Waals surface area contributed by atoms with Crippen molar-refractivity contribution in [1.29, 1.82) is 0 Å². The zero-order chi connectivity index (χ0) is 15.5. The zero-order valence-electron chi connectivity index (χ0n) is 10.8. The van der Waals surface area contributed by atoms with Gasteiger partial charge in [0.25, 0.3) is 5.69 Å². The number of nitrogens with zero attached hydrogens (tertiary/aromatic N) is 1. The fourth-order valence-corrected chi connectivity index (χ4v) is 4.26. The van der Waals surface area contributed by atoms with Gasteiger partial charge in [0.1, 0.15) is 5.76 Å². The molecule has 1 unspecified atom stereocenters. The number of nitro groups is 1. The molecule has 1 aliphatic rings. The van der Waals surface area contributed by atoms with Crippen LogP contribution in [0.4, 0.5) is 5.69 Å². The van der Waals surface area contributed by atoms with E-state index in [4.69, 9.17) is 8.37 Å². The van der Waals surface area contributed by atoms with Crippen LogP contribution in [0.2, 0.25) is 0 Å². The van der Waals surface area contributed by atoms with E-state index in [0.717, 1.165) is 12.1 Å². The summed E-state index contributed by atoms with van der Waals surface area (Å²) in [6.07, 6.45) is 3.13. The first-order valence-corrected chi connectivity index (χ1v) is 8.30. The van der Waals surface area contributed by atoms with Crippen LogP contribution >= 0.6 is 10.8 Å². The van der Waals surface area contributed by atoms with E-state index >= 15 is 0 Å². The van der Waals surface area contributed by atoms with Crippen molar-refractivity contribution in [3.63, 3.8) is 0 Å². The van der Waals surface area contributed by atoms with Crippen molar-refractivity contribution < 1.29 is 21.7 Å². The number of benzene rings is 1. The van der Waals surface area contributed by atoms with Gasteiger partial charge in [-0.3, -0.25) is 10.1 Å². The Bertz CT molecular complexity index is 764. The van der Waals surface area contributed by atoms with Gasteiger partial charge in [-0.2, -0.15) is 12.0 Å². The van der Waals surface area contributed by atoms with Crippen LogP contribution in [0.25, 0.3) is 0 Å². The highest BCUT2D eigenvalue weighted by Gasteiger charge is 2.27. The second-order valence-electron chi connectivity index (χ2n) is 3.79. The van der Waals surface area contributed by atoms with Crippen molar-refractivity contribution in [3.8, 4) is 0 Å². The molecule has 0 radical (unpaired) electrons. The molecule has 0 aliphatic carbocycles. The second-order valence-corrected chi connectivity index (χ2v) is 6.88. The van der Waals surface area contributed by atoms with Gasteiger partial charge in [-0.1, -0.05) is 12.1 Å². The van der Waals surface area contributed by atoms with Gasteiger partial charge in [-0.05, 0) is 39.8 Å². The smallest absolute Gasteiger partial charge is 0.314 e. The molecule has 2 rings (SSSR count). The standard InChI is InChI=1S/C12H11NO6S2/c1-18-10-6-8-20(9-7-10)19-21(16,17)12-5-3-2-4-11(12)13(14)15/h2-9H,1H3. The number of allylic oxidation sites excluding steroid dienone is 2. The quantitative estimate of drug-likeness (QED) is 0.467. The van der Waals surface area contributed by atoms with E-state index in [1.807, 2.05) is 0 Å². The Hall–Kier alpha value is -1.97. The van der Waals surface area contributed by atoms with Gasteiger partial charge in [0, 0.05) is 6.07 Å². The molecule has 1 aliphatic heterocycles. The number of para-hydroxylation sites is 1. The summed E-state index contributed by atoms with van der Waals surface area (Å²) in [6, 6.07) is 5.04. The van der Waals surface area contributed by atoms with Crippen molar-refractivity contribution in [2.24, 2.45) is 0 Å². The number of ether oxygens (including phenoxy) is 1. The number of nitro benzene ring substituents is 1. The minimum Gasteiger partial charge on any atom is -0.497 e. The first-order valence-electron chi connectivity index (χ1n) is 5.61. The third-order valence-corrected chi connectivity index (χ3v) is 5.51. The minimum atomic E-state index is -4.24. The van der Waals surface area contributed by atoms with Gasteiger partial charge in [-0.25, -0.2) is 0 Å². The van der Waals surface area contributed by atoms with E-state index in [9.17, 15) is 18.5 Å². The highest BCUT2D eigenvalue weighted by Crippen LogP contribution is 2.31. The van der Waals surface area contributed by atoms with Crippen molar-refractivity contribution in [3.05, 3.63) is 57.7 Å². The Morgan fingerprint density at radius 3 is 2.57 bits per heavy atom. The molecule has 0 N–H and O–H groups in total. The number of methoxy groups -OCH3 is 1. The Balaban J connectivity index is 2.33. The summed E-state index contributed by atoms with van der Waals surface area (Å²) in [4.78, 5) is 9.65. The number of hydrogen-bond donors (Lipinski definition) is 0. The van der Waals surface area contributed by atoms with E-state index < -0.39 is 36.4 Å². The maximum atomic E-state index is 12.2. The lowest BCUT2D eigenvalue weighted by atomic mass is 10.3. The van der Waals surface area contributed by atoms with Gasteiger partial charge >= 0.3 is 10.1 Å². The largest absolute Gasteiger partial charge is 0.497 e. The molecule has 1 atom stereocenters. The molecule has 0 saturated carbocycles. The van der Waals surface area contributed by atoms with Gasteiger partial charge in [0.15, 0.2) is 4.90 Å². The normalized spacial score (nSPS) is 17.8. The number of hydrogen-bond acceptors (Lipinski definition) is 6. The van der Waals surface area contributed by atoms with E-state index in [2.05, 4.69) is 0 Å². The maximum absolute atomic E-state index is 12.2. The molecule has 7 nitrogen and oxygen atoms in total. The first kappa shape index (κ1) is 15.4. The molecule has 9 heteroatoms. The first-order chi connectivity index (χ1) is 9.94. The molecule has 1 aromatic rings. The van der Waals surface area contributed by atoms with Gasteiger partial charge < -0.3 is 4.74 Å². The third-order valence-electron chi connectivity index (χ3n) is 2.47. The maximum Gasteiger partial charge on any atom is 0.314 e. The average Bonchev–Trinajstić information content (AvgIpc) is 2.47. The predicted octanol–water partition coefficient (Wildman–Crippen LogP) is 2.34. The Kier molecular flexibility index (Phi) is 4.56. The van der Waals surface area contributed by atoms with Gasteiger partial charge in [0.05, 0.1) is 12.0 Å². The van der Waals surface area contributed by atoms with Crippen molar-refractivity contribution in [1.82, 2.24) is 0 Å². The second kappa shape index (κ2) is 6.20. The molecule has 0 aromatic heterocycles. The summed E-state index contributed by atoms with van der Waals surface area (Å²) in [5.74, 6) is 0.561. The highest BCUT2D eigenvalue weighted by molar-refractivity contribution is 8.18. The summed E-state index contributed by atoms with van der Waals surface area (Å²) < 4.78 is 34.3. The molecule has 1 aromatic carbocycles. The van der Waals surface area contributed by atoms with Crippen LogP contribution in [0.3, 0.4) is 0 Å². The summed E-state index contributed by atoms with van der Waals surface area (Å²) >= 11 is 0. The molecule has 0 fully saturated rings. The molecule has 21 heavy (non-hydrogen) atoms. The molecular formula is C12H11NO6S2. The van der Waals surface area contributed by atoms with E-state index in [0.29, 0.717) is 5.76 Å². The zero-order valence-corrected chi connectivity index (χ0v) is 12.5. The molecular weight excluding hydrogens is 318 g/mol. The number of rotatable bonds is 5. The lowest BCUT2D eigenvalue weighted by molar-refractivity contribution is -0.387. The molecule has 0 amide bonds. The van der Waals surface area contributed by atoms with Crippen LogP contribution in [0.5, 0.6) is 0 Å². The fraction of sp³-hybridized carbons (Fsp3) is 0.0833. The van der Waals surface area contributed by atoms with Crippen LogP contribution < -0.4 is 0 Å². The molecule has 0 saturated heterocycles. The summed E-state index contributed by atoms with van der Waals surface area (Å²) in [6.45, 7) is 0. The van der Waals surface area contributed by atoms with Crippen molar-refractivity contribution in [2.75, 3.05) is 7.11 Å². The van der Waals surface area contributed by atoms with Gasteiger partial charge in [-0.15, -0.1) is 0 Å². The third kappa shape index (κ3) is 3.57. The Morgan fingerprint density at radius 1 is 1.29 bits per heavy atom. The SMILES string of the molecule is COC1=CC=S(OS(=O)(=O)c2ccccc2[N+](=O)[O-])C=C1. The van der Waals surface area contributed by atoms with E-state index in [1.54, 1.807) is 12.2 Å². The highest BCUT2D eigenvalue weighted by atomic mass is 32.3. The summed E-state index contributed by atoms with van der Waals surface area (Å²) in [7, 11) is -3.89. The van der Waals surface area contributed by atoms with Crippen molar-refractivity contribution in [2.45, 2.75) is 4.90 Å². The van der Waals surface area contributed by atoms with Crippen LogP contribution in [-0.2, 0) is 18.5 Å². The molecule has 0 spiro atoms. The van der Waals surface area contributed by atoms with Crippen LogP contribution in [0, 0.1) is 10.1 Å². The average molecular weight is 329 g/mol. The monoisotopic (exact) mass is 329 g/mol. The Labute approximate surface area is 123 Å². The molecule has 1 heterocycles. The topological polar surface area (TPSA) is 95.7 Å². The van der Waals surface area contributed by atoms with Crippen LogP contribution in [-0.4, -0.2) is 25.8 Å². The predicted molar refractivity (Wildman–Crippen MR) is 79.3 cm³/mol. The van der Waals surface area contributed by atoms with E-state index in [-0.39, 0.29) is 0 Å². The molecule has 0 bridgehead atoms.